The average Bonchev–Trinajstić information content (AvgIpc) is 2.35. The number of thioether (sulfide) groups is 1. The molecule has 0 saturated carbocycles. The highest BCUT2D eigenvalue weighted by atomic mass is 32.2. The van der Waals surface area contributed by atoms with Crippen LogP contribution in [0.15, 0.2) is 23.1 Å². The molecule has 0 radical (unpaired) electrons. The number of carbonyl (C=O) groups excluding carboxylic acids is 1. The van der Waals surface area contributed by atoms with Crippen LogP contribution in [0.3, 0.4) is 0 Å². The van der Waals surface area contributed by atoms with E-state index >= 15 is 0 Å². The number of aromatic nitrogens is 1. The normalized spacial score (nSPS) is 11.9. The maximum Gasteiger partial charge on any atom is 0.319 e. The van der Waals surface area contributed by atoms with Crippen LogP contribution in [0.2, 0.25) is 0 Å². The van der Waals surface area contributed by atoms with Gasteiger partial charge in [0, 0.05) is 19.3 Å². The summed E-state index contributed by atoms with van der Waals surface area (Å²) in [6, 6.07) is 3.07. The molecule has 0 aromatic carbocycles. The molecule has 0 fully saturated rings. The maximum absolute atomic E-state index is 11.7. The standard InChI is InChI=1S/C13H21N3O2S/c1-4-19-9-7-10(2)14-13(18)15-11-6-5-8-16(3)12(11)17/h5-6,8,10H,4,7,9H2,1-3H3,(H2,14,15,18)/t10-/m0/s1. The molecule has 5 nitrogen and oxygen atoms in total. The molecule has 0 aliphatic rings. The lowest BCUT2D eigenvalue weighted by atomic mass is 10.3. The van der Waals surface area contributed by atoms with Gasteiger partial charge in [-0.25, -0.2) is 4.79 Å². The van der Waals surface area contributed by atoms with Gasteiger partial charge in [-0.3, -0.25) is 4.79 Å². The van der Waals surface area contributed by atoms with Crippen LogP contribution in [0.25, 0.3) is 0 Å². The minimum atomic E-state index is -0.336. The Balaban J connectivity index is 2.47. The minimum Gasteiger partial charge on any atom is -0.335 e. The molecular weight excluding hydrogens is 262 g/mol. The van der Waals surface area contributed by atoms with Crippen molar-refractivity contribution in [2.24, 2.45) is 7.05 Å². The Bertz CT molecular complexity index is 473. The van der Waals surface area contributed by atoms with Gasteiger partial charge in [0.15, 0.2) is 0 Å². The number of carbonyl (C=O) groups is 1. The average molecular weight is 283 g/mol. The van der Waals surface area contributed by atoms with Crippen LogP contribution in [-0.2, 0) is 7.05 Å². The molecule has 2 amide bonds. The Morgan fingerprint density at radius 3 is 2.95 bits per heavy atom. The van der Waals surface area contributed by atoms with Crippen molar-refractivity contribution in [3.63, 3.8) is 0 Å². The third-order valence-electron chi connectivity index (χ3n) is 2.65. The number of rotatable bonds is 6. The molecule has 0 saturated heterocycles. The zero-order chi connectivity index (χ0) is 14.3. The fraction of sp³-hybridized carbons (Fsp3) is 0.538. The maximum atomic E-state index is 11.7. The number of anilines is 1. The van der Waals surface area contributed by atoms with Crippen molar-refractivity contribution in [2.75, 3.05) is 16.8 Å². The number of pyridine rings is 1. The second-order valence-corrected chi connectivity index (χ2v) is 5.72. The number of amides is 2. The predicted octanol–water partition coefficient (Wildman–Crippen LogP) is 2.04. The van der Waals surface area contributed by atoms with Crippen LogP contribution in [0, 0.1) is 0 Å². The first-order valence-electron chi connectivity index (χ1n) is 6.35. The molecule has 1 heterocycles. The van der Waals surface area contributed by atoms with E-state index in [2.05, 4.69) is 17.6 Å². The molecule has 0 aliphatic heterocycles. The number of hydrogen-bond donors (Lipinski definition) is 2. The highest BCUT2D eigenvalue weighted by Crippen LogP contribution is 2.04. The molecule has 2 N–H and O–H groups in total. The summed E-state index contributed by atoms with van der Waals surface area (Å²) in [7, 11) is 1.65. The summed E-state index contributed by atoms with van der Waals surface area (Å²) in [5.74, 6) is 2.10. The van der Waals surface area contributed by atoms with Crippen LogP contribution in [0.4, 0.5) is 10.5 Å². The van der Waals surface area contributed by atoms with E-state index in [0.29, 0.717) is 0 Å². The monoisotopic (exact) mass is 283 g/mol. The highest BCUT2D eigenvalue weighted by molar-refractivity contribution is 7.99. The van der Waals surface area contributed by atoms with E-state index in [-0.39, 0.29) is 23.3 Å². The topological polar surface area (TPSA) is 63.1 Å². The van der Waals surface area contributed by atoms with Crippen LogP contribution < -0.4 is 16.2 Å². The SMILES string of the molecule is CCSCC[C@H](C)NC(=O)Nc1cccn(C)c1=O. The van der Waals surface area contributed by atoms with E-state index in [0.717, 1.165) is 17.9 Å². The van der Waals surface area contributed by atoms with E-state index in [9.17, 15) is 9.59 Å². The highest BCUT2D eigenvalue weighted by Gasteiger charge is 2.09. The predicted molar refractivity (Wildman–Crippen MR) is 80.9 cm³/mol. The Morgan fingerprint density at radius 1 is 1.53 bits per heavy atom. The van der Waals surface area contributed by atoms with Gasteiger partial charge in [-0.15, -0.1) is 0 Å². The van der Waals surface area contributed by atoms with Gasteiger partial charge < -0.3 is 15.2 Å². The van der Waals surface area contributed by atoms with E-state index in [1.165, 1.54) is 4.57 Å². The minimum absolute atomic E-state index is 0.0895. The summed E-state index contributed by atoms with van der Waals surface area (Å²) in [6.45, 7) is 4.07. The lowest BCUT2D eigenvalue weighted by Crippen LogP contribution is -2.38. The number of hydrogen-bond acceptors (Lipinski definition) is 3. The summed E-state index contributed by atoms with van der Waals surface area (Å²) < 4.78 is 1.43. The Labute approximate surface area is 117 Å². The summed E-state index contributed by atoms with van der Waals surface area (Å²) >= 11 is 1.85. The van der Waals surface area contributed by atoms with Gasteiger partial charge in [0.1, 0.15) is 5.69 Å². The van der Waals surface area contributed by atoms with Gasteiger partial charge in [-0.2, -0.15) is 11.8 Å². The third kappa shape index (κ3) is 5.38. The molecule has 106 valence electrons. The van der Waals surface area contributed by atoms with E-state index in [1.54, 1.807) is 25.4 Å². The van der Waals surface area contributed by atoms with Gasteiger partial charge >= 0.3 is 6.03 Å². The summed E-state index contributed by atoms with van der Waals surface area (Å²) in [6.07, 6.45) is 2.56. The van der Waals surface area contributed by atoms with Crippen molar-refractivity contribution in [1.82, 2.24) is 9.88 Å². The van der Waals surface area contributed by atoms with Gasteiger partial charge in [0.2, 0.25) is 0 Å². The quantitative estimate of drug-likeness (QED) is 0.785. The summed E-state index contributed by atoms with van der Waals surface area (Å²) in [5, 5.41) is 5.40. The van der Waals surface area contributed by atoms with Crippen molar-refractivity contribution in [1.29, 1.82) is 0 Å². The summed E-state index contributed by atoms with van der Waals surface area (Å²) in [4.78, 5) is 23.5. The Hall–Kier alpha value is -1.43. The molecule has 0 unspecified atom stereocenters. The summed E-state index contributed by atoms with van der Waals surface area (Å²) in [5.41, 5.74) is 0.0736. The number of nitrogens with one attached hydrogen (secondary N) is 2. The largest absolute Gasteiger partial charge is 0.335 e. The lowest BCUT2D eigenvalue weighted by Gasteiger charge is -2.14. The van der Waals surface area contributed by atoms with Crippen LogP contribution in [-0.4, -0.2) is 28.1 Å². The van der Waals surface area contributed by atoms with Crippen molar-refractivity contribution >= 4 is 23.5 Å². The van der Waals surface area contributed by atoms with Crippen molar-refractivity contribution < 1.29 is 4.79 Å². The molecule has 1 aromatic rings. The van der Waals surface area contributed by atoms with Gasteiger partial charge in [0.05, 0.1) is 0 Å². The molecule has 6 heteroatoms. The molecule has 0 spiro atoms. The van der Waals surface area contributed by atoms with Crippen molar-refractivity contribution in [3.8, 4) is 0 Å². The number of aryl methyl sites for hydroxylation is 1. The first-order valence-corrected chi connectivity index (χ1v) is 7.51. The van der Waals surface area contributed by atoms with E-state index in [1.807, 2.05) is 18.7 Å². The van der Waals surface area contributed by atoms with Gasteiger partial charge in [-0.05, 0) is 37.0 Å². The third-order valence-corrected chi connectivity index (χ3v) is 3.58. The fourth-order valence-electron chi connectivity index (χ4n) is 1.55. The van der Waals surface area contributed by atoms with Crippen LogP contribution in [0.5, 0.6) is 0 Å². The van der Waals surface area contributed by atoms with Crippen LogP contribution >= 0.6 is 11.8 Å². The zero-order valence-corrected chi connectivity index (χ0v) is 12.4. The second-order valence-electron chi connectivity index (χ2n) is 4.32. The molecular formula is C13H21N3O2S. The van der Waals surface area contributed by atoms with E-state index in [4.69, 9.17) is 0 Å². The first kappa shape index (κ1) is 15.6. The number of urea groups is 1. The fourth-order valence-corrected chi connectivity index (χ4v) is 2.36. The van der Waals surface area contributed by atoms with Gasteiger partial charge in [0.25, 0.3) is 5.56 Å². The molecule has 1 aromatic heterocycles. The molecule has 1 rings (SSSR count). The van der Waals surface area contributed by atoms with Gasteiger partial charge in [-0.1, -0.05) is 6.92 Å². The second kappa shape index (κ2) is 7.89. The first-order chi connectivity index (χ1) is 9.04. The van der Waals surface area contributed by atoms with E-state index < -0.39 is 0 Å². The van der Waals surface area contributed by atoms with Crippen LogP contribution in [0.1, 0.15) is 20.3 Å². The zero-order valence-electron chi connectivity index (χ0n) is 11.6. The molecule has 19 heavy (non-hydrogen) atoms. The Morgan fingerprint density at radius 2 is 2.26 bits per heavy atom. The van der Waals surface area contributed by atoms with Crippen molar-refractivity contribution in [3.05, 3.63) is 28.7 Å². The lowest BCUT2D eigenvalue weighted by molar-refractivity contribution is 0.249. The Kier molecular flexibility index (Phi) is 6.49. The smallest absolute Gasteiger partial charge is 0.319 e. The molecule has 0 aliphatic carbocycles. The molecule has 1 atom stereocenters. The molecule has 0 bridgehead atoms. The number of nitrogens with zero attached hydrogens (tertiary/aromatic N) is 1. The van der Waals surface area contributed by atoms with Crippen molar-refractivity contribution in [2.45, 2.75) is 26.3 Å².